The third-order valence-electron chi connectivity index (χ3n) is 3.69. The van der Waals surface area contributed by atoms with Gasteiger partial charge in [-0.2, -0.15) is 0 Å². The molecule has 0 fully saturated rings. The Bertz CT molecular complexity index is 206. The van der Waals surface area contributed by atoms with E-state index in [0.29, 0.717) is 0 Å². The molecule has 0 unspecified atom stereocenters. The molecule has 0 radical (unpaired) electrons. The normalized spacial score (nSPS) is 10.2. The van der Waals surface area contributed by atoms with E-state index in [1.807, 2.05) is 0 Å². The fourth-order valence-corrected chi connectivity index (χ4v) is 2.34. The zero-order chi connectivity index (χ0) is 14.0. The van der Waals surface area contributed by atoms with E-state index >= 15 is 0 Å². The molecule has 0 aliphatic rings. The van der Waals surface area contributed by atoms with Crippen LogP contribution in [0.25, 0.3) is 0 Å². The van der Waals surface area contributed by atoms with Crippen LogP contribution < -0.4 is 0 Å². The molecule has 0 bridgehead atoms. The average Bonchev–Trinajstić information content (AvgIpc) is 2.43. The predicted molar refractivity (Wildman–Crippen MR) is 88.4 cm³/mol. The molecule has 0 saturated carbocycles. The minimum atomic E-state index is 1.13. The monoisotopic (exact) mass is 264 g/mol. The van der Waals surface area contributed by atoms with Gasteiger partial charge in [0.2, 0.25) is 0 Å². The van der Waals surface area contributed by atoms with Gasteiger partial charge in [-0.15, -0.1) is 11.8 Å². The topological polar surface area (TPSA) is 0 Å². The molecule has 0 heterocycles. The molecule has 0 heteroatoms. The Morgan fingerprint density at radius 2 is 0.737 bits per heavy atom. The Morgan fingerprint density at radius 3 is 1.11 bits per heavy atom. The van der Waals surface area contributed by atoms with Gasteiger partial charge in [-0.1, -0.05) is 84.5 Å². The highest BCUT2D eigenvalue weighted by atomic mass is 14.0. The summed E-state index contributed by atoms with van der Waals surface area (Å²) in [6.45, 7) is 4.55. The molecular formula is C19H36. The summed E-state index contributed by atoms with van der Waals surface area (Å²) >= 11 is 0. The molecule has 0 aromatic rings. The van der Waals surface area contributed by atoms with Gasteiger partial charge < -0.3 is 0 Å². The molecule has 0 rings (SSSR count). The van der Waals surface area contributed by atoms with Gasteiger partial charge >= 0.3 is 0 Å². The van der Waals surface area contributed by atoms with E-state index in [9.17, 15) is 0 Å². The highest BCUT2D eigenvalue weighted by Crippen LogP contribution is 2.08. The van der Waals surface area contributed by atoms with Crippen LogP contribution in [0.2, 0.25) is 0 Å². The molecule has 0 N–H and O–H groups in total. The Labute approximate surface area is 122 Å². The summed E-state index contributed by atoms with van der Waals surface area (Å²) in [7, 11) is 0. The highest BCUT2D eigenvalue weighted by molar-refractivity contribution is 4.98. The Kier molecular flexibility index (Phi) is 17.2. The lowest BCUT2D eigenvalue weighted by atomic mass is 10.1. The quantitative estimate of drug-likeness (QED) is 0.251. The maximum absolute atomic E-state index is 3.34. The molecular weight excluding hydrogens is 228 g/mol. The Hall–Kier alpha value is -0.440. The van der Waals surface area contributed by atoms with Crippen molar-refractivity contribution in [2.24, 2.45) is 0 Å². The first-order valence-corrected chi connectivity index (χ1v) is 8.87. The van der Waals surface area contributed by atoms with Crippen LogP contribution in [-0.2, 0) is 0 Å². The van der Waals surface area contributed by atoms with Gasteiger partial charge in [-0.25, -0.2) is 0 Å². The lowest BCUT2D eigenvalue weighted by Gasteiger charge is -1.98. The summed E-state index contributed by atoms with van der Waals surface area (Å²) in [5, 5.41) is 0. The first kappa shape index (κ1) is 18.6. The van der Waals surface area contributed by atoms with E-state index in [0.717, 1.165) is 12.8 Å². The molecule has 0 aliphatic carbocycles. The van der Waals surface area contributed by atoms with Crippen molar-refractivity contribution in [3.8, 4) is 11.8 Å². The maximum Gasteiger partial charge on any atom is 0.00886 e. The van der Waals surface area contributed by atoms with E-state index in [1.54, 1.807) is 0 Å². The lowest BCUT2D eigenvalue weighted by Crippen LogP contribution is -1.79. The van der Waals surface area contributed by atoms with E-state index in [2.05, 4.69) is 25.7 Å². The molecule has 0 atom stereocenters. The highest BCUT2D eigenvalue weighted by Gasteiger charge is 1.90. The summed E-state index contributed by atoms with van der Waals surface area (Å²) in [6, 6.07) is 0. The summed E-state index contributed by atoms with van der Waals surface area (Å²) in [5.74, 6) is 6.68. The SMILES string of the molecule is CCCCCCCCC#CCCCCCCCCC. The molecule has 112 valence electrons. The fraction of sp³-hybridized carbons (Fsp3) is 0.895. The van der Waals surface area contributed by atoms with Crippen LogP contribution in [0, 0.1) is 11.8 Å². The van der Waals surface area contributed by atoms with Crippen molar-refractivity contribution in [3.63, 3.8) is 0 Å². The van der Waals surface area contributed by atoms with Crippen molar-refractivity contribution >= 4 is 0 Å². The summed E-state index contributed by atoms with van der Waals surface area (Å²) in [6.07, 6.45) is 20.3. The van der Waals surface area contributed by atoms with Gasteiger partial charge in [0.1, 0.15) is 0 Å². The van der Waals surface area contributed by atoms with E-state index in [1.165, 1.54) is 83.5 Å². The van der Waals surface area contributed by atoms with Crippen LogP contribution in [0.15, 0.2) is 0 Å². The minimum absolute atomic E-state index is 1.13. The van der Waals surface area contributed by atoms with Crippen molar-refractivity contribution in [1.82, 2.24) is 0 Å². The van der Waals surface area contributed by atoms with Crippen LogP contribution in [0.5, 0.6) is 0 Å². The molecule has 0 saturated heterocycles. The third-order valence-corrected chi connectivity index (χ3v) is 3.69. The van der Waals surface area contributed by atoms with Crippen molar-refractivity contribution in [2.75, 3.05) is 0 Å². The summed E-state index contributed by atoms with van der Waals surface area (Å²) < 4.78 is 0. The number of hydrogen-bond acceptors (Lipinski definition) is 0. The van der Waals surface area contributed by atoms with Crippen LogP contribution in [0.1, 0.15) is 110 Å². The van der Waals surface area contributed by atoms with Crippen LogP contribution in [0.4, 0.5) is 0 Å². The number of unbranched alkanes of at least 4 members (excludes halogenated alkanes) is 13. The van der Waals surface area contributed by atoms with Gasteiger partial charge in [0.05, 0.1) is 0 Å². The Balaban J connectivity index is 3.05. The first-order chi connectivity index (χ1) is 9.41. The van der Waals surface area contributed by atoms with Crippen LogP contribution in [-0.4, -0.2) is 0 Å². The second kappa shape index (κ2) is 17.6. The first-order valence-electron chi connectivity index (χ1n) is 8.87. The second-order valence-electron chi connectivity index (χ2n) is 5.74. The van der Waals surface area contributed by atoms with Gasteiger partial charge in [0.15, 0.2) is 0 Å². The zero-order valence-electron chi connectivity index (χ0n) is 13.6. The van der Waals surface area contributed by atoms with E-state index in [-0.39, 0.29) is 0 Å². The third kappa shape index (κ3) is 17.6. The van der Waals surface area contributed by atoms with E-state index < -0.39 is 0 Å². The van der Waals surface area contributed by atoms with Crippen molar-refractivity contribution < 1.29 is 0 Å². The largest absolute Gasteiger partial charge is 0.103 e. The van der Waals surface area contributed by atoms with Gasteiger partial charge in [0.25, 0.3) is 0 Å². The summed E-state index contributed by atoms with van der Waals surface area (Å²) in [4.78, 5) is 0. The average molecular weight is 264 g/mol. The maximum atomic E-state index is 3.34. The summed E-state index contributed by atoms with van der Waals surface area (Å²) in [5.41, 5.74) is 0. The Morgan fingerprint density at radius 1 is 0.421 bits per heavy atom. The van der Waals surface area contributed by atoms with Gasteiger partial charge in [-0.3, -0.25) is 0 Å². The van der Waals surface area contributed by atoms with Gasteiger partial charge in [-0.05, 0) is 12.8 Å². The molecule has 0 aromatic heterocycles. The van der Waals surface area contributed by atoms with Crippen LogP contribution in [0.3, 0.4) is 0 Å². The van der Waals surface area contributed by atoms with Crippen LogP contribution >= 0.6 is 0 Å². The predicted octanol–water partition coefficient (Wildman–Crippen LogP) is 6.88. The molecule has 0 aromatic carbocycles. The zero-order valence-corrected chi connectivity index (χ0v) is 13.6. The van der Waals surface area contributed by atoms with Gasteiger partial charge in [0, 0.05) is 12.8 Å². The van der Waals surface area contributed by atoms with Crippen molar-refractivity contribution in [2.45, 2.75) is 110 Å². The smallest absolute Gasteiger partial charge is 0.00886 e. The molecule has 0 aliphatic heterocycles. The number of rotatable bonds is 13. The molecule has 0 nitrogen and oxygen atoms in total. The molecule has 0 amide bonds. The second-order valence-corrected chi connectivity index (χ2v) is 5.74. The fourth-order valence-electron chi connectivity index (χ4n) is 2.34. The number of hydrogen-bond donors (Lipinski definition) is 0. The minimum Gasteiger partial charge on any atom is -0.103 e. The molecule has 19 heavy (non-hydrogen) atoms. The van der Waals surface area contributed by atoms with Crippen molar-refractivity contribution in [3.05, 3.63) is 0 Å². The molecule has 0 spiro atoms. The van der Waals surface area contributed by atoms with Crippen molar-refractivity contribution in [1.29, 1.82) is 0 Å². The lowest BCUT2D eigenvalue weighted by molar-refractivity contribution is 0.594. The standard InChI is InChI=1S/C19H36/c1-3-5-7-9-11-13-15-17-19-18-16-14-12-10-8-6-4-2/h3-17H2,1-2H3. The van der Waals surface area contributed by atoms with E-state index in [4.69, 9.17) is 0 Å².